The highest BCUT2D eigenvalue weighted by molar-refractivity contribution is 5.95. The fraction of sp³-hybridized carbons (Fsp3) is 0.364. The summed E-state index contributed by atoms with van der Waals surface area (Å²) in [5, 5.41) is 8.40. The van der Waals surface area contributed by atoms with Crippen LogP contribution in [0, 0.1) is 0 Å². The molecule has 0 unspecified atom stereocenters. The lowest BCUT2D eigenvalue weighted by molar-refractivity contribution is 0.0995. The van der Waals surface area contributed by atoms with Gasteiger partial charge in [0.2, 0.25) is 0 Å². The summed E-state index contributed by atoms with van der Waals surface area (Å²) in [5.41, 5.74) is 13.2. The summed E-state index contributed by atoms with van der Waals surface area (Å²) >= 11 is 0. The fourth-order valence-electron chi connectivity index (χ4n) is 1.77. The molecule has 2 heterocycles. The number of aromatic nitrogens is 4. The van der Waals surface area contributed by atoms with Gasteiger partial charge in [0.15, 0.2) is 5.69 Å². The van der Waals surface area contributed by atoms with Crippen molar-refractivity contribution in [3.63, 3.8) is 0 Å². The number of hydrogen-bond donors (Lipinski definition) is 2. The third-order valence-corrected chi connectivity index (χ3v) is 2.74. The Morgan fingerprint density at radius 1 is 1.44 bits per heavy atom. The molecule has 0 aromatic carbocycles. The second-order valence-electron chi connectivity index (χ2n) is 4.10. The molecule has 0 saturated carbocycles. The molecule has 0 fully saturated rings. The molecule has 0 spiro atoms. The van der Waals surface area contributed by atoms with Crippen molar-refractivity contribution in [1.29, 1.82) is 0 Å². The van der Waals surface area contributed by atoms with E-state index in [1.807, 2.05) is 20.0 Å². The third-order valence-electron chi connectivity index (χ3n) is 2.74. The molecular formula is C11H16N6O. The van der Waals surface area contributed by atoms with E-state index < -0.39 is 5.91 Å². The van der Waals surface area contributed by atoms with Gasteiger partial charge in [0.25, 0.3) is 5.91 Å². The van der Waals surface area contributed by atoms with Crippen molar-refractivity contribution in [3.8, 4) is 0 Å². The Morgan fingerprint density at radius 3 is 2.67 bits per heavy atom. The quantitative estimate of drug-likeness (QED) is 0.788. The Labute approximate surface area is 104 Å². The van der Waals surface area contributed by atoms with Gasteiger partial charge in [0.05, 0.1) is 23.6 Å². The monoisotopic (exact) mass is 248 g/mol. The molecule has 2 aromatic heterocycles. The summed E-state index contributed by atoms with van der Waals surface area (Å²) < 4.78 is 3.38. The lowest BCUT2D eigenvalue weighted by Gasteiger charge is -2.01. The van der Waals surface area contributed by atoms with Crippen LogP contribution in [-0.2, 0) is 20.0 Å². The number of aryl methyl sites for hydroxylation is 2. The molecule has 96 valence electrons. The number of nitrogens with zero attached hydrogens (tertiary/aromatic N) is 4. The molecule has 4 N–H and O–H groups in total. The van der Waals surface area contributed by atoms with E-state index in [9.17, 15) is 4.79 Å². The van der Waals surface area contributed by atoms with Crippen LogP contribution in [0.2, 0.25) is 0 Å². The highest BCUT2D eigenvalue weighted by Crippen LogP contribution is 2.11. The van der Waals surface area contributed by atoms with E-state index in [0.717, 1.165) is 17.8 Å². The number of carbonyl (C=O) groups is 1. The first kappa shape index (κ1) is 12.2. The van der Waals surface area contributed by atoms with Crippen molar-refractivity contribution < 1.29 is 4.79 Å². The van der Waals surface area contributed by atoms with Crippen molar-refractivity contribution in [1.82, 2.24) is 19.6 Å². The lowest BCUT2D eigenvalue weighted by atomic mass is 10.3. The highest BCUT2D eigenvalue weighted by Gasteiger charge is 2.12. The minimum Gasteiger partial charge on any atom is -0.396 e. The van der Waals surface area contributed by atoms with Gasteiger partial charge in [-0.3, -0.25) is 14.2 Å². The van der Waals surface area contributed by atoms with Gasteiger partial charge in [0.1, 0.15) is 0 Å². The zero-order valence-corrected chi connectivity index (χ0v) is 10.4. The van der Waals surface area contributed by atoms with E-state index in [1.54, 1.807) is 15.6 Å². The van der Waals surface area contributed by atoms with Gasteiger partial charge in [-0.1, -0.05) is 6.92 Å². The number of rotatable bonds is 4. The van der Waals surface area contributed by atoms with Crippen LogP contribution in [0.25, 0.3) is 0 Å². The first-order chi connectivity index (χ1) is 8.51. The van der Waals surface area contributed by atoms with E-state index in [4.69, 9.17) is 11.5 Å². The molecular weight excluding hydrogens is 232 g/mol. The van der Waals surface area contributed by atoms with Crippen molar-refractivity contribution in [2.75, 3.05) is 5.73 Å². The Bertz CT molecular complexity index is 582. The van der Waals surface area contributed by atoms with Gasteiger partial charge < -0.3 is 11.5 Å². The van der Waals surface area contributed by atoms with Crippen molar-refractivity contribution >= 4 is 11.6 Å². The number of amides is 1. The number of primary amides is 1. The summed E-state index contributed by atoms with van der Waals surface area (Å²) in [6, 6.07) is 2.00. The molecule has 18 heavy (non-hydrogen) atoms. The van der Waals surface area contributed by atoms with Crippen LogP contribution in [0.15, 0.2) is 12.3 Å². The molecule has 0 saturated heterocycles. The van der Waals surface area contributed by atoms with Gasteiger partial charge in [-0.2, -0.15) is 10.2 Å². The molecule has 7 heteroatoms. The topological polar surface area (TPSA) is 105 Å². The Balaban J connectivity index is 2.25. The number of hydrogen-bond acceptors (Lipinski definition) is 4. The maximum Gasteiger partial charge on any atom is 0.271 e. The number of nitrogen functional groups attached to an aromatic ring is 1. The van der Waals surface area contributed by atoms with Crippen molar-refractivity contribution in [2.24, 2.45) is 12.8 Å². The van der Waals surface area contributed by atoms with E-state index in [1.165, 1.54) is 0 Å². The first-order valence-electron chi connectivity index (χ1n) is 5.65. The zero-order valence-electron chi connectivity index (χ0n) is 10.4. The smallest absolute Gasteiger partial charge is 0.271 e. The van der Waals surface area contributed by atoms with Crippen LogP contribution in [0.1, 0.15) is 28.8 Å². The number of carbonyl (C=O) groups excluding carboxylic acids is 1. The average molecular weight is 248 g/mol. The molecule has 0 bridgehead atoms. The Morgan fingerprint density at radius 2 is 2.17 bits per heavy atom. The summed E-state index contributed by atoms with van der Waals surface area (Å²) in [6.45, 7) is 2.55. The molecule has 0 atom stereocenters. The highest BCUT2D eigenvalue weighted by atomic mass is 16.1. The largest absolute Gasteiger partial charge is 0.396 e. The van der Waals surface area contributed by atoms with Gasteiger partial charge in [-0.05, 0) is 12.5 Å². The van der Waals surface area contributed by atoms with E-state index >= 15 is 0 Å². The molecule has 0 aliphatic carbocycles. The summed E-state index contributed by atoms with van der Waals surface area (Å²) in [7, 11) is 1.87. The van der Waals surface area contributed by atoms with E-state index in [-0.39, 0.29) is 5.69 Å². The van der Waals surface area contributed by atoms with Gasteiger partial charge in [-0.25, -0.2) is 0 Å². The summed E-state index contributed by atoms with van der Waals surface area (Å²) in [5.74, 6) is -0.620. The van der Waals surface area contributed by atoms with E-state index in [2.05, 4.69) is 10.2 Å². The normalized spacial score (nSPS) is 10.8. The second-order valence-corrected chi connectivity index (χ2v) is 4.10. The van der Waals surface area contributed by atoms with Crippen LogP contribution in [-0.4, -0.2) is 25.5 Å². The van der Waals surface area contributed by atoms with Crippen LogP contribution in [0.4, 0.5) is 5.69 Å². The van der Waals surface area contributed by atoms with Gasteiger partial charge in [-0.15, -0.1) is 0 Å². The van der Waals surface area contributed by atoms with Crippen LogP contribution >= 0.6 is 0 Å². The summed E-state index contributed by atoms with van der Waals surface area (Å²) in [4.78, 5) is 11.1. The molecule has 7 nitrogen and oxygen atoms in total. The predicted molar refractivity (Wildman–Crippen MR) is 66.8 cm³/mol. The van der Waals surface area contributed by atoms with Crippen LogP contribution in [0.5, 0.6) is 0 Å². The predicted octanol–water partition coefficient (Wildman–Crippen LogP) is -0.0916. The molecule has 0 radical (unpaired) electrons. The Kier molecular flexibility index (Phi) is 3.05. The average Bonchev–Trinajstić information content (AvgIpc) is 2.83. The molecule has 0 aliphatic rings. The van der Waals surface area contributed by atoms with Crippen molar-refractivity contribution in [3.05, 3.63) is 29.3 Å². The molecule has 1 amide bonds. The van der Waals surface area contributed by atoms with Gasteiger partial charge in [0, 0.05) is 13.2 Å². The number of anilines is 1. The molecule has 2 aromatic rings. The van der Waals surface area contributed by atoms with Crippen molar-refractivity contribution in [2.45, 2.75) is 19.9 Å². The molecule has 2 rings (SSSR count). The minimum atomic E-state index is -0.620. The number of nitrogens with two attached hydrogens (primary N) is 2. The zero-order chi connectivity index (χ0) is 13.3. The lowest BCUT2D eigenvalue weighted by Crippen LogP contribution is -2.14. The second kappa shape index (κ2) is 4.52. The fourth-order valence-corrected chi connectivity index (χ4v) is 1.77. The van der Waals surface area contributed by atoms with E-state index in [0.29, 0.717) is 12.2 Å². The molecule has 0 aliphatic heterocycles. The maximum absolute atomic E-state index is 11.1. The summed E-state index contributed by atoms with van der Waals surface area (Å²) in [6.07, 6.45) is 2.47. The van der Waals surface area contributed by atoms with Gasteiger partial charge >= 0.3 is 0 Å². The van der Waals surface area contributed by atoms with Crippen LogP contribution in [0.3, 0.4) is 0 Å². The minimum absolute atomic E-state index is 0.105. The maximum atomic E-state index is 11.1. The SMILES string of the molecule is CCc1cc(Cn2cc(N)c(C(N)=O)n2)n(C)n1. The standard InChI is InChI=1S/C11H16N6O/c1-3-7-4-8(16(2)14-7)5-17-6-9(12)10(15-17)11(13)18/h4,6H,3,5,12H2,1-2H3,(H2,13,18). The van der Waals surface area contributed by atoms with Crippen LogP contribution < -0.4 is 11.5 Å². The first-order valence-corrected chi connectivity index (χ1v) is 5.65. The Hall–Kier alpha value is -2.31. The third kappa shape index (κ3) is 2.20.